The van der Waals surface area contributed by atoms with Crippen molar-refractivity contribution in [2.24, 2.45) is 5.41 Å². The van der Waals surface area contributed by atoms with Crippen LogP contribution in [0.1, 0.15) is 58.2 Å². The summed E-state index contributed by atoms with van der Waals surface area (Å²) in [7, 11) is -1.10. The smallest absolute Gasteiger partial charge is 0.491 e. The van der Waals surface area contributed by atoms with E-state index in [2.05, 4.69) is 5.43 Å². The number of nitrogens with zero attached hydrogens (tertiary/aromatic N) is 1. The van der Waals surface area contributed by atoms with Crippen LogP contribution in [0.3, 0.4) is 0 Å². The van der Waals surface area contributed by atoms with Crippen molar-refractivity contribution in [1.82, 2.24) is 10.4 Å². The number of hydrazine groups is 1. The predicted octanol–water partition coefficient (Wildman–Crippen LogP) is 2.54. The lowest BCUT2D eigenvalue weighted by Gasteiger charge is -2.30. The highest BCUT2D eigenvalue weighted by Gasteiger charge is 2.29. The van der Waals surface area contributed by atoms with Gasteiger partial charge in [0.05, 0.1) is 6.61 Å². The van der Waals surface area contributed by atoms with Crippen LogP contribution in [0.5, 0.6) is 5.75 Å². The van der Waals surface area contributed by atoms with Crippen LogP contribution in [0.4, 0.5) is 0 Å². The van der Waals surface area contributed by atoms with Crippen molar-refractivity contribution in [3.8, 4) is 5.75 Å². The van der Waals surface area contributed by atoms with Crippen molar-refractivity contribution in [3.63, 3.8) is 0 Å². The molecule has 2 amide bonds. The Morgan fingerprint density at radius 2 is 1.75 bits per heavy atom. The molecular formula is C24H31BN2O5. The van der Waals surface area contributed by atoms with Crippen molar-refractivity contribution in [2.45, 2.75) is 41.5 Å². The van der Waals surface area contributed by atoms with Crippen molar-refractivity contribution in [1.29, 1.82) is 0 Å². The molecule has 0 saturated heterocycles. The third-order valence-corrected chi connectivity index (χ3v) is 5.14. The van der Waals surface area contributed by atoms with E-state index >= 15 is 0 Å². The SMILES string of the molecule is Cc1cc(C)cc(C(=O)N(CC(C)(C)C)NC(=O)c2ccc3c(c2C)OCCOB3O)c1. The van der Waals surface area contributed by atoms with E-state index in [1.807, 2.05) is 52.8 Å². The molecule has 3 rings (SSSR count). The number of carbonyl (C=O) groups is 2. The molecule has 0 unspecified atom stereocenters. The molecule has 0 fully saturated rings. The highest BCUT2D eigenvalue weighted by atomic mass is 16.6. The molecular weight excluding hydrogens is 407 g/mol. The Morgan fingerprint density at radius 1 is 1.09 bits per heavy atom. The van der Waals surface area contributed by atoms with Crippen molar-refractivity contribution in [3.05, 3.63) is 58.1 Å². The second kappa shape index (κ2) is 9.34. The summed E-state index contributed by atoms with van der Waals surface area (Å²) >= 11 is 0. The first kappa shape index (κ1) is 23.8. The lowest BCUT2D eigenvalue weighted by Crippen LogP contribution is -2.50. The van der Waals surface area contributed by atoms with Crippen LogP contribution >= 0.6 is 0 Å². The molecule has 8 heteroatoms. The Morgan fingerprint density at radius 3 is 2.38 bits per heavy atom. The van der Waals surface area contributed by atoms with Gasteiger partial charge in [-0.05, 0) is 44.4 Å². The van der Waals surface area contributed by atoms with Gasteiger partial charge in [-0.3, -0.25) is 15.0 Å². The Hall–Kier alpha value is -2.84. The van der Waals surface area contributed by atoms with Gasteiger partial charge in [0, 0.05) is 28.7 Å². The number of hydrogen-bond donors (Lipinski definition) is 2. The van der Waals surface area contributed by atoms with Crippen molar-refractivity contribution >= 4 is 24.4 Å². The Balaban J connectivity index is 1.92. The standard InChI is InChI=1S/C24H31BN2O5/c1-15-11-16(2)13-18(12-15)23(29)27(14-24(4,5)6)26-22(28)19-7-8-20-21(17(19)3)31-9-10-32-25(20)30/h7-8,11-13,30H,9-10,14H2,1-6H3,(H,26,28). The molecule has 170 valence electrons. The monoisotopic (exact) mass is 438 g/mol. The van der Waals surface area contributed by atoms with E-state index < -0.39 is 13.0 Å². The fourth-order valence-corrected chi connectivity index (χ4v) is 3.81. The summed E-state index contributed by atoms with van der Waals surface area (Å²) in [5.41, 5.74) is 6.47. The summed E-state index contributed by atoms with van der Waals surface area (Å²) < 4.78 is 11.0. The average Bonchev–Trinajstić information content (AvgIpc) is 2.87. The molecule has 0 atom stereocenters. The molecule has 0 aliphatic carbocycles. The maximum absolute atomic E-state index is 13.3. The van der Waals surface area contributed by atoms with Gasteiger partial charge in [-0.1, -0.05) is 44.0 Å². The highest BCUT2D eigenvalue weighted by Crippen LogP contribution is 2.23. The topological polar surface area (TPSA) is 88.1 Å². The fraction of sp³-hybridized carbons (Fsp3) is 0.417. The molecule has 0 radical (unpaired) electrons. The lowest BCUT2D eigenvalue weighted by atomic mass is 9.77. The molecule has 1 heterocycles. The van der Waals surface area contributed by atoms with Gasteiger partial charge in [0.15, 0.2) is 0 Å². The molecule has 0 aromatic heterocycles. The molecule has 2 aromatic carbocycles. The number of amides is 2. The molecule has 2 aromatic rings. The maximum atomic E-state index is 13.3. The van der Waals surface area contributed by atoms with Gasteiger partial charge in [-0.2, -0.15) is 0 Å². The van der Waals surface area contributed by atoms with Gasteiger partial charge < -0.3 is 14.4 Å². The van der Waals surface area contributed by atoms with Gasteiger partial charge in [-0.15, -0.1) is 0 Å². The van der Waals surface area contributed by atoms with Gasteiger partial charge in [0.2, 0.25) is 0 Å². The van der Waals surface area contributed by atoms with Crippen LogP contribution in [0.15, 0.2) is 30.3 Å². The van der Waals surface area contributed by atoms with E-state index in [0.717, 1.165) is 11.1 Å². The second-order valence-corrected chi connectivity index (χ2v) is 9.50. The van der Waals surface area contributed by atoms with E-state index in [1.165, 1.54) is 5.01 Å². The third kappa shape index (κ3) is 5.50. The minimum atomic E-state index is -1.10. The van der Waals surface area contributed by atoms with E-state index in [9.17, 15) is 14.6 Å². The molecule has 7 nitrogen and oxygen atoms in total. The molecule has 0 spiro atoms. The number of ether oxygens (including phenoxy) is 1. The first-order chi connectivity index (χ1) is 15.0. The number of rotatable bonds is 3. The van der Waals surface area contributed by atoms with Gasteiger partial charge in [0.1, 0.15) is 12.4 Å². The minimum absolute atomic E-state index is 0.241. The van der Waals surface area contributed by atoms with Crippen LogP contribution in [0.25, 0.3) is 0 Å². The maximum Gasteiger partial charge on any atom is 0.495 e. The van der Waals surface area contributed by atoms with Gasteiger partial charge in [-0.25, -0.2) is 5.01 Å². The number of carbonyl (C=O) groups excluding carboxylic acids is 2. The zero-order valence-corrected chi connectivity index (χ0v) is 19.6. The molecule has 0 bridgehead atoms. The third-order valence-electron chi connectivity index (χ3n) is 5.14. The number of benzene rings is 2. The Bertz CT molecular complexity index is 1010. The Labute approximate surface area is 189 Å². The summed E-state index contributed by atoms with van der Waals surface area (Å²) in [5, 5.41) is 11.5. The quantitative estimate of drug-likeness (QED) is 0.568. The molecule has 2 N–H and O–H groups in total. The number of aryl methyl sites for hydroxylation is 2. The molecule has 32 heavy (non-hydrogen) atoms. The summed E-state index contributed by atoms with van der Waals surface area (Å²) in [6, 6.07) is 8.87. The van der Waals surface area contributed by atoms with Crippen molar-refractivity contribution in [2.75, 3.05) is 19.8 Å². The van der Waals surface area contributed by atoms with Gasteiger partial charge >= 0.3 is 7.12 Å². The number of nitrogens with one attached hydrogen (secondary N) is 1. The lowest BCUT2D eigenvalue weighted by molar-refractivity contribution is 0.0508. The van der Waals surface area contributed by atoms with E-state index in [0.29, 0.717) is 34.4 Å². The summed E-state index contributed by atoms with van der Waals surface area (Å²) in [6.07, 6.45) is 0. The van der Waals surface area contributed by atoms with Crippen LogP contribution in [0.2, 0.25) is 0 Å². The fourth-order valence-electron chi connectivity index (χ4n) is 3.81. The second-order valence-electron chi connectivity index (χ2n) is 9.50. The van der Waals surface area contributed by atoms with E-state index in [-0.39, 0.29) is 24.5 Å². The highest BCUT2D eigenvalue weighted by molar-refractivity contribution is 6.61. The largest absolute Gasteiger partial charge is 0.495 e. The van der Waals surface area contributed by atoms with Crippen molar-refractivity contribution < 1.29 is 24.0 Å². The number of hydrogen-bond acceptors (Lipinski definition) is 5. The summed E-state index contributed by atoms with van der Waals surface area (Å²) in [6.45, 7) is 12.5. The number of fused-ring (bicyclic) bond motifs is 1. The zero-order valence-electron chi connectivity index (χ0n) is 19.6. The Kier molecular flexibility index (Phi) is 6.95. The summed E-state index contributed by atoms with van der Waals surface area (Å²) in [4.78, 5) is 26.6. The molecule has 0 saturated carbocycles. The minimum Gasteiger partial charge on any atom is -0.491 e. The van der Waals surface area contributed by atoms with Crippen LogP contribution in [-0.4, -0.2) is 48.7 Å². The van der Waals surface area contributed by atoms with Gasteiger partial charge in [0.25, 0.3) is 11.8 Å². The van der Waals surface area contributed by atoms with E-state index in [1.54, 1.807) is 19.1 Å². The van der Waals surface area contributed by atoms with E-state index in [4.69, 9.17) is 9.39 Å². The first-order valence-corrected chi connectivity index (χ1v) is 10.7. The van der Waals surface area contributed by atoms with Crippen LogP contribution < -0.4 is 15.6 Å². The summed E-state index contributed by atoms with van der Waals surface area (Å²) in [5.74, 6) is -0.256. The van der Waals surface area contributed by atoms with Crippen LogP contribution in [0, 0.1) is 26.2 Å². The average molecular weight is 438 g/mol. The molecule has 1 aliphatic rings. The zero-order chi connectivity index (χ0) is 23.6. The van der Waals surface area contributed by atoms with Crippen LogP contribution in [-0.2, 0) is 4.65 Å². The molecule has 1 aliphatic heterocycles. The normalized spacial score (nSPS) is 13.7. The predicted molar refractivity (Wildman–Crippen MR) is 124 cm³/mol. The first-order valence-electron chi connectivity index (χ1n) is 10.7.